The molecule has 2 aromatic rings. The van der Waals surface area contributed by atoms with Crippen LogP contribution >= 0.6 is 0 Å². The fraction of sp³-hybridized carbons (Fsp3) is 0.316. The van der Waals surface area contributed by atoms with E-state index in [9.17, 15) is 13.2 Å². The number of anilines is 1. The summed E-state index contributed by atoms with van der Waals surface area (Å²) in [4.78, 5) is 14.8. The molecule has 2 amide bonds. The minimum absolute atomic E-state index is 0.0793. The van der Waals surface area contributed by atoms with Gasteiger partial charge in [-0.15, -0.1) is 0 Å². The van der Waals surface area contributed by atoms with Crippen LogP contribution in [0.4, 0.5) is 10.5 Å². The lowest BCUT2D eigenvalue weighted by Gasteiger charge is -2.25. The van der Waals surface area contributed by atoms with E-state index < -0.39 is 10.0 Å². The minimum atomic E-state index is -3.52. The van der Waals surface area contributed by atoms with E-state index >= 15 is 0 Å². The van der Waals surface area contributed by atoms with Crippen LogP contribution in [0, 0.1) is 0 Å². The number of nitrogens with zero attached hydrogens (tertiary/aromatic N) is 1. The smallest absolute Gasteiger partial charge is 0.322 e. The van der Waals surface area contributed by atoms with E-state index in [-0.39, 0.29) is 23.0 Å². The predicted molar refractivity (Wildman–Crippen MR) is 102 cm³/mol. The Kier molecular flexibility index (Phi) is 5.02. The predicted octanol–water partition coefficient (Wildman–Crippen LogP) is 2.82. The van der Waals surface area contributed by atoms with Crippen molar-refractivity contribution in [1.82, 2.24) is 10.0 Å². The zero-order chi connectivity index (χ0) is 18.9. The standard InChI is InChI=1S/C19H23N3O3S/c1-13-11-16-7-4-5-10-18(16)22(13)19(23)21-14(2)15-8-6-9-17(12-15)26(24,25)20-3/h4-10,12-14,20H,11H2,1-3H3,(H,21,23). The van der Waals surface area contributed by atoms with Gasteiger partial charge < -0.3 is 5.32 Å². The Bertz CT molecular complexity index is 927. The van der Waals surface area contributed by atoms with Gasteiger partial charge >= 0.3 is 6.03 Å². The molecule has 0 aliphatic carbocycles. The largest absolute Gasteiger partial charge is 0.331 e. The molecule has 0 spiro atoms. The van der Waals surface area contributed by atoms with E-state index in [4.69, 9.17) is 0 Å². The number of sulfonamides is 1. The maximum absolute atomic E-state index is 12.8. The van der Waals surface area contributed by atoms with E-state index in [1.807, 2.05) is 38.1 Å². The van der Waals surface area contributed by atoms with Crippen molar-refractivity contribution in [2.45, 2.75) is 37.2 Å². The van der Waals surface area contributed by atoms with Gasteiger partial charge in [-0.3, -0.25) is 4.90 Å². The summed E-state index contributed by atoms with van der Waals surface area (Å²) in [5.74, 6) is 0. The third-order valence-electron chi connectivity index (χ3n) is 4.70. The molecule has 0 bridgehead atoms. The number of urea groups is 1. The van der Waals surface area contributed by atoms with Crippen molar-refractivity contribution < 1.29 is 13.2 Å². The number of amides is 2. The summed E-state index contributed by atoms with van der Waals surface area (Å²) < 4.78 is 26.3. The number of hydrogen-bond acceptors (Lipinski definition) is 3. The second-order valence-electron chi connectivity index (χ2n) is 6.50. The highest BCUT2D eigenvalue weighted by atomic mass is 32.2. The molecule has 0 aromatic heterocycles. The fourth-order valence-corrected chi connectivity index (χ4v) is 4.07. The molecular weight excluding hydrogens is 350 g/mol. The number of hydrogen-bond donors (Lipinski definition) is 2. The van der Waals surface area contributed by atoms with Gasteiger partial charge in [0.1, 0.15) is 0 Å². The van der Waals surface area contributed by atoms with Gasteiger partial charge in [-0.2, -0.15) is 0 Å². The third-order valence-corrected chi connectivity index (χ3v) is 6.12. The molecule has 138 valence electrons. The first kappa shape index (κ1) is 18.4. The summed E-state index contributed by atoms with van der Waals surface area (Å²) in [6.45, 7) is 3.86. The van der Waals surface area contributed by atoms with Crippen LogP contribution in [0.25, 0.3) is 0 Å². The Labute approximate surface area is 154 Å². The van der Waals surface area contributed by atoms with Crippen LogP contribution in [0.2, 0.25) is 0 Å². The van der Waals surface area contributed by atoms with E-state index in [0.717, 1.165) is 23.2 Å². The first-order valence-electron chi connectivity index (χ1n) is 8.54. The van der Waals surface area contributed by atoms with Gasteiger partial charge in [0.2, 0.25) is 10.0 Å². The molecule has 1 aliphatic heterocycles. The van der Waals surface area contributed by atoms with Crippen LogP contribution in [-0.2, 0) is 16.4 Å². The monoisotopic (exact) mass is 373 g/mol. The van der Waals surface area contributed by atoms with Crippen molar-refractivity contribution in [3.63, 3.8) is 0 Å². The van der Waals surface area contributed by atoms with E-state index in [1.54, 1.807) is 23.1 Å². The number of carbonyl (C=O) groups is 1. The Morgan fingerprint density at radius 2 is 1.92 bits per heavy atom. The van der Waals surface area contributed by atoms with Crippen molar-refractivity contribution >= 4 is 21.7 Å². The summed E-state index contributed by atoms with van der Waals surface area (Å²) in [6.07, 6.45) is 0.827. The first-order valence-corrected chi connectivity index (χ1v) is 10.0. The second-order valence-corrected chi connectivity index (χ2v) is 8.39. The number of para-hydroxylation sites is 1. The van der Waals surface area contributed by atoms with Crippen LogP contribution in [0.1, 0.15) is 31.0 Å². The van der Waals surface area contributed by atoms with E-state index in [1.165, 1.54) is 13.1 Å². The number of fused-ring (bicyclic) bond motifs is 1. The van der Waals surface area contributed by atoms with E-state index in [2.05, 4.69) is 10.0 Å². The molecular formula is C19H23N3O3S. The average molecular weight is 373 g/mol. The van der Waals surface area contributed by atoms with Gasteiger partial charge in [0.05, 0.1) is 10.9 Å². The quantitative estimate of drug-likeness (QED) is 0.865. The maximum Gasteiger partial charge on any atom is 0.322 e. The summed E-state index contributed by atoms with van der Waals surface area (Å²) in [5.41, 5.74) is 2.82. The van der Waals surface area contributed by atoms with Gasteiger partial charge in [-0.25, -0.2) is 17.9 Å². The van der Waals surface area contributed by atoms with Crippen LogP contribution < -0.4 is 14.9 Å². The van der Waals surface area contributed by atoms with Crippen molar-refractivity contribution in [1.29, 1.82) is 0 Å². The Hall–Kier alpha value is -2.38. The van der Waals surface area contributed by atoms with Crippen LogP contribution in [-0.4, -0.2) is 27.5 Å². The van der Waals surface area contributed by atoms with Crippen LogP contribution in [0.15, 0.2) is 53.4 Å². The summed E-state index contributed by atoms with van der Waals surface area (Å²) >= 11 is 0. The van der Waals surface area contributed by atoms with E-state index in [0.29, 0.717) is 0 Å². The highest BCUT2D eigenvalue weighted by Gasteiger charge is 2.31. The lowest BCUT2D eigenvalue weighted by atomic mass is 10.1. The van der Waals surface area contributed by atoms with Gasteiger partial charge in [0.25, 0.3) is 0 Å². The van der Waals surface area contributed by atoms with Gasteiger partial charge in [-0.05, 0) is 56.6 Å². The molecule has 3 rings (SSSR count). The SMILES string of the molecule is CNS(=O)(=O)c1cccc(C(C)NC(=O)N2c3ccccc3CC2C)c1. The summed E-state index contributed by atoms with van der Waals surface area (Å²) in [5, 5.41) is 2.98. The highest BCUT2D eigenvalue weighted by molar-refractivity contribution is 7.89. The molecule has 2 N–H and O–H groups in total. The molecule has 0 radical (unpaired) electrons. The molecule has 2 atom stereocenters. The molecule has 1 aliphatic rings. The molecule has 2 unspecified atom stereocenters. The molecule has 2 aromatic carbocycles. The number of carbonyl (C=O) groups excluding carboxylic acids is 1. The van der Waals surface area contributed by atoms with Gasteiger partial charge in [-0.1, -0.05) is 30.3 Å². The Morgan fingerprint density at radius 3 is 2.65 bits per heavy atom. The fourth-order valence-electron chi connectivity index (χ4n) is 3.28. The molecule has 0 fully saturated rings. The summed E-state index contributed by atoms with van der Waals surface area (Å²) in [6, 6.07) is 14.0. The number of nitrogens with one attached hydrogen (secondary N) is 2. The average Bonchev–Trinajstić information content (AvgIpc) is 2.97. The van der Waals surface area contributed by atoms with Crippen LogP contribution in [0.5, 0.6) is 0 Å². The number of rotatable bonds is 4. The third kappa shape index (κ3) is 3.45. The minimum Gasteiger partial charge on any atom is -0.331 e. The van der Waals surface area contributed by atoms with Crippen molar-refractivity contribution in [2.75, 3.05) is 11.9 Å². The molecule has 6 nitrogen and oxygen atoms in total. The van der Waals surface area contributed by atoms with Crippen molar-refractivity contribution in [3.8, 4) is 0 Å². The normalized spacial score (nSPS) is 17.7. The van der Waals surface area contributed by atoms with Crippen molar-refractivity contribution in [3.05, 3.63) is 59.7 Å². The Morgan fingerprint density at radius 1 is 1.19 bits per heavy atom. The lowest BCUT2D eigenvalue weighted by Crippen LogP contribution is -2.44. The lowest BCUT2D eigenvalue weighted by molar-refractivity contribution is 0.242. The Balaban J connectivity index is 1.79. The zero-order valence-corrected chi connectivity index (χ0v) is 15.9. The topological polar surface area (TPSA) is 78.5 Å². The van der Waals surface area contributed by atoms with Gasteiger partial charge in [0, 0.05) is 11.7 Å². The molecule has 0 saturated carbocycles. The summed E-state index contributed by atoms with van der Waals surface area (Å²) in [7, 11) is -2.15. The zero-order valence-electron chi connectivity index (χ0n) is 15.1. The highest BCUT2D eigenvalue weighted by Crippen LogP contribution is 2.32. The molecule has 0 saturated heterocycles. The first-order chi connectivity index (χ1) is 12.3. The van der Waals surface area contributed by atoms with Gasteiger partial charge in [0.15, 0.2) is 0 Å². The van der Waals surface area contributed by atoms with Crippen LogP contribution in [0.3, 0.4) is 0 Å². The molecule has 7 heteroatoms. The molecule has 26 heavy (non-hydrogen) atoms. The number of benzene rings is 2. The second kappa shape index (κ2) is 7.09. The molecule has 1 heterocycles. The van der Waals surface area contributed by atoms with Crippen molar-refractivity contribution in [2.24, 2.45) is 0 Å². The maximum atomic E-state index is 12.8.